The van der Waals surface area contributed by atoms with Crippen LogP contribution in [0.4, 0.5) is 0 Å². The number of hydrogen-bond acceptors (Lipinski definition) is 6. The minimum absolute atomic E-state index is 0.400. The zero-order chi connectivity index (χ0) is 18.3. The van der Waals surface area contributed by atoms with Crippen molar-refractivity contribution in [2.45, 2.75) is 26.2 Å². The molecule has 3 heterocycles. The highest BCUT2D eigenvalue weighted by molar-refractivity contribution is 5.96. The largest absolute Gasteiger partial charge is 0.323 e. The molecular formula is C19H19N7. The third-order valence-corrected chi connectivity index (χ3v) is 4.71. The number of nitrogens with zero attached hydrogens (tertiary/aromatic N) is 6. The van der Waals surface area contributed by atoms with Gasteiger partial charge in [-0.3, -0.25) is 4.98 Å². The monoisotopic (exact) mass is 345 g/mol. The number of hydrazone groups is 1. The van der Waals surface area contributed by atoms with Gasteiger partial charge in [0, 0.05) is 11.6 Å². The first-order valence-electron chi connectivity index (χ1n) is 8.34. The van der Waals surface area contributed by atoms with Crippen LogP contribution in [0, 0.1) is 0 Å². The van der Waals surface area contributed by atoms with Crippen LogP contribution in [-0.2, 0) is 5.41 Å². The fourth-order valence-electron chi connectivity index (χ4n) is 3.03. The first kappa shape index (κ1) is 16.1. The fourth-order valence-corrected chi connectivity index (χ4v) is 3.03. The van der Waals surface area contributed by atoms with E-state index in [4.69, 9.17) is 5.84 Å². The number of rotatable bonds is 3. The van der Waals surface area contributed by atoms with Crippen molar-refractivity contribution in [3.05, 3.63) is 65.7 Å². The molecule has 0 bridgehead atoms. The molecule has 0 aliphatic carbocycles. The van der Waals surface area contributed by atoms with Gasteiger partial charge in [-0.2, -0.15) is 14.7 Å². The van der Waals surface area contributed by atoms with Gasteiger partial charge in [-0.25, -0.2) is 0 Å². The van der Waals surface area contributed by atoms with E-state index in [0.717, 1.165) is 22.3 Å². The van der Waals surface area contributed by atoms with Gasteiger partial charge in [-0.05, 0) is 56.7 Å². The van der Waals surface area contributed by atoms with Crippen molar-refractivity contribution in [2.75, 3.05) is 0 Å². The highest BCUT2D eigenvalue weighted by atomic mass is 15.4. The Morgan fingerprint density at radius 3 is 2.77 bits per heavy atom. The molecule has 0 radical (unpaired) electrons. The van der Waals surface area contributed by atoms with Gasteiger partial charge in [0.25, 0.3) is 0 Å². The number of aromatic nitrogens is 5. The molecule has 26 heavy (non-hydrogen) atoms. The molecule has 1 aromatic carbocycles. The summed E-state index contributed by atoms with van der Waals surface area (Å²) in [5.74, 6) is 6.14. The molecule has 0 aliphatic rings. The molecule has 0 saturated heterocycles. The zero-order valence-corrected chi connectivity index (χ0v) is 14.9. The van der Waals surface area contributed by atoms with Crippen LogP contribution in [0.5, 0.6) is 0 Å². The lowest BCUT2D eigenvalue weighted by Crippen LogP contribution is -2.24. The van der Waals surface area contributed by atoms with E-state index in [9.17, 15) is 0 Å². The van der Waals surface area contributed by atoms with Gasteiger partial charge in [0.1, 0.15) is 5.69 Å². The van der Waals surface area contributed by atoms with Crippen molar-refractivity contribution in [1.29, 1.82) is 0 Å². The second-order valence-electron chi connectivity index (χ2n) is 6.76. The summed E-state index contributed by atoms with van der Waals surface area (Å²) < 4.78 is 1.76. The molecule has 0 atom stereocenters. The second kappa shape index (κ2) is 5.87. The molecule has 0 aliphatic heterocycles. The minimum Gasteiger partial charge on any atom is -0.323 e. The van der Waals surface area contributed by atoms with Crippen LogP contribution < -0.4 is 5.84 Å². The fraction of sp³-hybridized carbons (Fsp3) is 0.211. The molecule has 3 aromatic heterocycles. The quantitative estimate of drug-likeness (QED) is 0.350. The van der Waals surface area contributed by atoms with Gasteiger partial charge < -0.3 is 5.84 Å². The summed E-state index contributed by atoms with van der Waals surface area (Å²) in [4.78, 5) is 4.39. The van der Waals surface area contributed by atoms with Crippen LogP contribution in [0.15, 0.2) is 53.8 Å². The molecule has 7 heteroatoms. The van der Waals surface area contributed by atoms with E-state index in [-0.39, 0.29) is 0 Å². The Balaban J connectivity index is 1.88. The predicted molar refractivity (Wildman–Crippen MR) is 101 cm³/mol. The van der Waals surface area contributed by atoms with Gasteiger partial charge in [0.2, 0.25) is 0 Å². The summed E-state index contributed by atoms with van der Waals surface area (Å²) >= 11 is 0. The average Bonchev–Trinajstić information content (AvgIpc) is 3.11. The van der Waals surface area contributed by atoms with Crippen LogP contribution in [-0.4, -0.2) is 30.5 Å². The number of fused-ring (bicyclic) bond motifs is 2. The van der Waals surface area contributed by atoms with E-state index >= 15 is 0 Å². The Morgan fingerprint density at radius 2 is 1.96 bits per heavy atom. The summed E-state index contributed by atoms with van der Waals surface area (Å²) in [6.07, 6.45) is 1.80. The number of benzene rings is 1. The minimum atomic E-state index is -0.400. The molecular weight excluding hydrogens is 326 g/mol. The maximum Gasteiger partial charge on any atom is 0.177 e. The van der Waals surface area contributed by atoms with Crippen molar-refractivity contribution < 1.29 is 0 Å². The first-order chi connectivity index (χ1) is 12.5. The lowest BCUT2D eigenvalue weighted by Gasteiger charge is -2.23. The SMILES string of the molecule is C/C(=N\N)c1ccc2nnc(C(C)(C)c3ccc4ncccc4c3)n2n1. The smallest absolute Gasteiger partial charge is 0.177 e. The van der Waals surface area contributed by atoms with Gasteiger partial charge in [-0.1, -0.05) is 12.1 Å². The van der Waals surface area contributed by atoms with Crippen molar-refractivity contribution in [3.63, 3.8) is 0 Å². The molecule has 7 nitrogen and oxygen atoms in total. The van der Waals surface area contributed by atoms with Gasteiger partial charge in [-0.15, -0.1) is 10.2 Å². The van der Waals surface area contributed by atoms with Crippen molar-refractivity contribution >= 4 is 22.3 Å². The molecule has 0 saturated carbocycles. The summed E-state index contributed by atoms with van der Waals surface area (Å²) in [5, 5.41) is 18.1. The summed E-state index contributed by atoms with van der Waals surface area (Å²) in [6.45, 7) is 6.04. The second-order valence-corrected chi connectivity index (χ2v) is 6.76. The van der Waals surface area contributed by atoms with E-state index in [1.165, 1.54) is 0 Å². The molecule has 4 aromatic rings. The molecule has 130 valence electrons. The van der Waals surface area contributed by atoms with Crippen LogP contribution in [0.1, 0.15) is 37.9 Å². The van der Waals surface area contributed by atoms with E-state index < -0.39 is 5.41 Å². The van der Waals surface area contributed by atoms with E-state index in [1.54, 1.807) is 10.7 Å². The lowest BCUT2D eigenvalue weighted by atomic mass is 9.83. The maximum atomic E-state index is 5.39. The van der Waals surface area contributed by atoms with Crippen LogP contribution in [0.3, 0.4) is 0 Å². The molecule has 2 N–H and O–H groups in total. The van der Waals surface area contributed by atoms with E-state index in [2.05, 4.69) is 57.4 Å². The number of nitrogens with two attached hydrogens (primary N) is 1. The average molecular weight is 345 g/mol. The van der Waals surface area contributed by atoms with Crippen molar-refractivity contribution in [2.24, 2.45) is 10.9 Å². The van der Waals surface area contributed by atoms with Crippen molar-refractivity contribution in [3.8, 4) is 0 Å². The highest BCUT2D eigenvalue weighted by Gasteiger charge is 2.30. The van der Waals surface area contributed by atoms with Gasteiger partial charge >= 0.3 is 0 Å². The number of hydrogen-bond donors (Lipinski definition) is 1. The molecule has 4 rings (SSSR count). The normalized spacial score (nSPS) is 12.8. The summed E-state index contributed by atoms with van der Waals surface area (Å²) in [7, 11) is 0. The summed E-state index contributed by atoms with van der Waals surface area (Å²) in [5.41, 5.74) is 3.71. The Labute approximate surface area is 150 Å². The van der Waals surface area contributed by atoms with Crippen LogP contribution in [0.25, 0.3) is 16.6 Å². The third-order valence-electron chi connectivity index (χ3n) is 4.71. The first-order valence-corrected chi connectivity index (χ1v) is 8.34. The Hall–Kier alpha value is -3.35. The van der Waals surface area contributed by atoms with Gasteiger partial charge in [0.05, 0.1) is 16.6 Å². The third kappa shape index (κ3) is 2.48. The highest BCUT2D eigenvalue weighted by Crippen LogP contribution is 2.31. The topological polar surface area (TPSA) is 94.3 Å². The predicted octanol–water partition coefficient (Wildman–Crippen LogP) is 2.68. The lowest BCUT2D eigenvalue weighted by molar-refractivity contribution is 0.567. The van der Waals surface area contributed by atoms with Crippen LogP contribution >= 0.6 is 0 Å². The van der Waals surface area contributed by atoms with Crippen LogP contribution in [0.2, 0.25) is 0 Å². The molecule has 0 spiro atoms. The van der Waals surface area contributed by atoms with E-state index in [1.807, 2.05) is 31.2 Å². The zero-order valence-electron chi connectivity index (χ0n) is 14.9. The van der Waals surface area contributed by atoms with Crippen molar-refractivity contribution in [1.82, 2.24) is 24.8 Å². The maximum absolute atomic E-state index is 5.39. The van der Waals surface area contributed by atoms with Gasteiger partial charge in [0.15, 0.2) is 11.5 Å². The molecule has 0 fully saturated rings. The number of pyridine rings is 1. The standard InChI is InChI=1S/C19H19N7/c1-12(22-20)15-8-9-17-23-24-18(26(17)25-15)19(2,3)14-6-7-16-13(11-14)5-4-10-21-16/h4-11H,20H2,1-3H3/b22-12+. The Bertz CT molecular complexity index is 1140. The van der Waals surface area contributed by atoms with E-state index in [0.29, 0.717) is 17.1 Å². The molecule has 0 unspecified atom stereocenters. The summed E-state index contributed by atoms with van der Waals surface area (Å²) in [6, 6.07) is 13.9. The Kier molecular flexibility index (Phi) is 3.64. The Morgan fingerprint density at radius 1 is 1.12 bits per heavy atom. The molecule has 0 amide bonds.